The minimum absolute atomic E-state index is 0.00887. The van der Waals surface area contributed by atoms with Gasteiger partial charge < -0.3 is 26.2 Å². The van der Waals surface area contributed by atoms with E-state index < -0.39 is 75.8 Å². The van der Waals surface area contributed by atoms with Gasteiger partial charge in [0.25, 0.3) is 5.91 Å². The topological polar surface area (TPSA) is 158 Å². The Morgan fingerprint density at radius 1 is 1.03 bits per heavy atom. The third kappa shape index (κ3) is 3.02. The smallest absolute Gasteiger partial charge is 0.255 e. The summed E-state index contributed by atoms with van der Waals surface area (Å²) < 4.78 is 28.0. The maximum Gasteiger partial charge on any atom is 0.255 e. The molecule has 2 aromatic carbocycles. The van der Waals surface area contributed by atoms with Crippen LogP contribution in [0.5, 0.6) is 5.75 Å². The standard InChI is InChI=1S/C25H19F2NO7/c26-11-1-2-13(15(27)8-11)12-3-4-16(29)19-14(12)6-9-5-10-7-17(30)20(24(28)34)23(33)25(10,35)22(32)18(9)21(19)31/h1-4,8-10,29,31,33,35H,5-7H2,(H2,28,34)/t9-,10+,25+/m1/s1. The van der Waals surface area contributed by atoms with Crippen molar-refractivity contribution in [2.24, 2.45) is 17.6 Å². The minimum atomic E-state index is -2.66. The molecule has 35 heavy (non-hydrogen) atoms. The number of primary amides is 1. The number of fused-ring (bicyclic) bond motifs is 3. The van der Waals surface area contributed by atoms with Gasteiger partial charge in [-0.05, 0) is 48.1 Å². The van der Waals surface area contributed by atoms with Crippen LogP contribution in [0.15, 0.2) is 47.2 Å². The van der Waals surface area contributed by atoms with E-state index in [0.717, 1.165) is 6.07 Å². The van der Waals surface area contributed by atoms with Gasteiger partial charge in [-0.25, -0.2) is 8.78 Å². The van der Waals surface area contributed by atoms with Crippen molar-refractivity contribution in [1.29, 1.82) is 0 Å². The maximum atomic E-state index is 14.6. The SMILES string of the molecule is NC(=O)C1=C(O)[C@@]2(O)C(=O)C3=C(O)c4c(O)ccc(-c5ccc(F)cc5F)c4C[C@H]3C[C@H]2CC1=O. The normalized spacial score (nSPS) is 25.8. The highest BCUT2D eigenvalue weighted by Gasteiger charge is 2.60. The number of hydrogen-bond acceptors (Lipinski definition) is 7. The van der Waals surface area contributed by atoms with Gasteiger partial charge in [0.2, 0.25) is 5.78 Å². The van der Waals surface area contributed by atoms with E-state index in [2.05, 4.69) is 0 Å². The molecule has 6 N–H and O–H groups in total. The maximum absolute atomic E-state index is 14.6. The van der Waals surface area contributed by atoms with Crippen molar-refractivity contribution in [2.45, 2.75) is 24.9 Å². The molecular weight excluding hydrogens is 464 g/mol. The van der Waals surface area contributed by atoms with Gasteiger partial charge >= 0.3 is 0 Å². The molecule has 0 aromatic heterocycles. The van der Waals surface area contributed by atoms with E-state index in [0.29, 0.717) is 11.6 Å². The number of aromatic hydroxyl groups is 1. The molecule has 3 aliphatic carbocycles. The van der Waals surface area contributed by atoms with E-state index >= 15 is 0 Å². The molecule has 0 bridgehead atoms. The van der Waals surface area contributed by atoms with Gasteiger partial charge in [-0.15, -0.1) is 0 Å². The van der Waals surface area contributed by atoms with E-state index in [-0.39, 0.29) is 35.1 Å². The highest BCUT2D eigenvalue weighted by molar-refractivity contribution is 6.22. The predicted molar refractivity (Wildman–Crippen MR) is 117 cm³/mol. The second-order valence-electron chi connectivity index (χ2n) is 9.02. The molecular formula is C25H19F2NO7. The Hall–Kier alpha value is -4.05. The lowest BCUT2D eigenvalue weighted by atomic mass is 9.59. The van der Waals surface area contributed by atoms with Crippen LogP contribution in [0, 0.1) is 23.5 Å². The predicted octanol–water partition coefficient (Wildman–Crippen LogP) is 2.37. The summed E-state index contributed by atoms with van der Waals surface area (Å²) in [5, 5.41) is 43.4. The summed E-state index contributed by atoms with van der Waals surface area (Å²) in [4.78, 5) is 37.6. The van der Waals surface area contributed by atoms with Gasteiger partial charge in [-0.2, -0.15) is 0 Å². The van der Waals surface area contributed by atoms with E-state index in [9.17, 15) is 43.6 Å². The van der Waals surface area contributed by atoms with Gasteiger partial charge in [-0.3, -0.25) is 14.4 Å². The molecule has 10 heteroatoms. The van der Waals surface area contributed by atoms with E-state index in [1.807, 2.05) is 0 Å². The highest BCUT2D eigenvalue weighted by atomic mass is 19.1. The van der Waals surface area contributed by atoms with Crippen molar-refractivity contribution in [3.05, 3.63) is 70.0 Å². The van der Waals surface area contributed by atoms with Crippen LogP contribution in [-0.2, 0) is 20.8 Å². The third-order valence-corrected chi connectivity index (χ3v) is 7.17. The summed E-state index contributed by atoms with van der Waals surface area (Å²) >= 11 is 0. The van der Waals surface area contributed by atoms with Crippen LogP contribution in [0.3, 0.4) is 0 Å². The molecule has 3 aliphatic rings. The quantitative estimate of drug-likeness (QED) is 0.410. The molecule has 8 nitrogen and oxygen atoms in total. The first-order valence-corrected chi connectivity index (χ1v) is 10.7. The second kappa shape index (κ2) is 7.47. The number of Topliss-reactive ketones (excluding diaryl/α,β-unsaturated/α-hetero) is 2. The summed E-state index contributed by atoms with van der Waals surface area (Å²) in [6.45, 7) is 0. The van der Waals surface area contributed by atoms with Crippen molar-refractivity contribution < 1.29 is 43.6 Å². The number of phenols is 1. The fourth-order valence-electron chi connectivity index (χ4n) is 5.58. The molecule has 0 saturated heterocycles. The zero-order valence-corrected chi connectivity index (χ0v) is 18.0. The van der Waals surface area contributed by atoms with Crippen LogP contribution in [0.4, 0.5) is 8.78 Å². The number of aliphatic hydroxyl groups is 3. The molecule has 3 atom stereocenters. The summed E-state index contributed by atoms with van der Waals surface area (Å²) in [5.74, 6) is -9.04. The fourth-order valence-corrected chi connectivity index (χ4v) is 5.58. The lowest BCUT2D eigenvalue weighted by molar-refractivity contribution is -0.147. The largest absolute Gasteiger partial charge is 0.508 e. The number of carbonyl (C=O) groups is 3. The number of hydrogen-bond donors (Lipinski definition) is 5. The van der Waals surface area contributed by atoms with Gasteiger partial charge in [-0.1, -0.05) is 6.07 Å². The average Bonchev–Trinajstić information content (AvgIpc) is 2.77. The molecule has 0 heterocycles. The molecule has 0 unspecified atom stereocenters. The van der Waals surface area contributed by atoms with Crippen LogP contribution < -0.4 is 5.73 Å². The van der Waals surface area contributed by atoms with Gasteiger partial charge in [0.05, 0.1) is 5.56 Å². The number of benzene rings is 2. The number of halogens is 2. The van der Waals surface area contributed by atoms with Crippen LogP contribution in [0.1, 0.15) is 24.0 Å². The van der Waals surface area contributed by atoms with Crippen LogP contribution in [0.25, 0.3) is 16.9 Å². The van der Waals surface area contributed by atoms with Gasteiger partial charge in [0.15, 0.2) is 11.4 Å². The molecule has 1 amide bonds. The zero-order chi connectivity index (χ0) is 25.4. The Labute approximate surface area is 196 Å². The van der Waals surface area contributed by atoms with E-state index in [4.69, 9.17) is 5.73 Å². The molecule has 5 rings (SSSR count). The van der Waals surface area contributed by atoms with Gasteiger partial charge in [0, 0.05) is 29.5 Å². The lowest BCUT2D eigenvalue weighted by Crippen LogP contribution is -2.58. The number of phenolic OH excluding ortho intramolecular Hbond substituents is 1. The third-order valence-electron chi connectivity index (χ3n) is 7.17. The first-order valence-electron chi connectivity index (χ1n) is 10.7. The van der Waals surface area contributed by atoms with Crippen LogP contribution >= 0.6 is 0 Å². The first-order chi connectivity index (χ1) is 16.5. The Morgan fingerprint density at radius 3 is 2.37 bits per heavy atom. The number of carbonyl (C=O) groups excluding carboxylic acids is 3. The second-order valence-corrected chi connectivity index (χ2v) is 9.02. The number of amides is 1. The molecule has 1 fully saturated rings. The number of aliphatic hydroxyl groups excluding tert-OH is 2. The Balaban J connectivity index is 1.72. The summed E-state index contributed by atoms with van der Waals surface area (Å²) in [5.41, 5.74) is 1.72. The zero-order valence-electron chi connectivity index (χ0n) is 18.0. The van der Waals surface area contributed by atoms with Crippen LogP contribution in [0.2, 0.25) is 0 Å². The molecule has 180 valence electrons. The lowest BCUT2D eigenvalue weighted by Gasteiger charge is -2.46. The molecule has 1 saturated carbocycles. The number of nitrogens with two attached hydrogens (primary N) is 1. The summed E-state index contributed by atoms with van der Waals surface area (Å²) in [6.07, 6.45) is -0.486. The highest BCUT2D eigenvalue weighted by Crippen LogP contribution is 2.53. The number of ketones is 2. The molecule has 0 aliphatic heterocycles. The summed E-state index contributed by atoms with van der Waals surface area (Å²) in [6, 6.07) is 5.56. The van der Waals surface area contributed by atoms with Crippen molar-refractivity contribution >= 4 is 23.2 Å². The Morgan fingerprint density at radius 2 is 1.71 bits per heavy atom. The van der Waals surface area contributed by atoms with Crippen LogP contribution in [-0.4, -0.2) is 43.5 Å². The van der Waals surface area contributed by atoms with E-state index in [1.54, 1.807) is 0 Å². The van der Waals surface area contributed by atoms with Crippen molar-refractivity contribution in [2.75, 3.05) is 0 Å². The average molecular weight is 483 g/mol. The van der Waals surface area contributed by atoms with Crippen molar-refractivity contribution in [1.82, 2.24) is 0 Å². The molecule has 0 radical (unpaired) electrons. The van der Waals surface area contributed by atoms with E-state index in [1.165, 1.54) is 18.2 Å². The number of rotatable bonds is 2. The van der Waals surface area contributed by atoms with Crippen molar-refractivity contribution in [3.8, 4) is 16.9 Å². The monoisotopic (exact) mass is 483 g/mol. The minimum Gasteiger partial charge on any atom is -0.508 e. The summed E-state index contributed by atoms with van der Waals surface area (Å²) in [7, 11) is 0. The van der Waals surface area contributed by atoms with Gasteiger partial charge in [0.1, 0.15) is 34.5 Å². The molecule has 0 spiro atoms. The molecule has 2 aromatic rings. The van der Waals surface area contributed by atoms with Crippen molar-refractivity contribution in [3.63, 3.8) is 0 Å². The Kier molecular flexibility index (Phi) is 4.85. The Bertz CT molecular complexity index is 1430. The fraction of sp³-hybridized carbons (Fsp3) is 0.240. The first kappa shape index (κ1) is 22.7.